The number of carbonyl (C=O) groups is 1. The van der Waals surface area contributed by atoms with Gasteiger partial charge in [-0.1, -0.05) is 6.07 Å². The Labute approximate surface area is 195 Å². The highest BCUT2D eigenvalue weighted by atomic mass is 32.2. The maximum Gasteiger partial charge on any atom is 0.416 e. The van der Waals surface area contributed by atoms with Gasteiger partial charge in [0.05, 0.1) is 27.9 Å². The van der Waals surface area contributed by atoms with Gasteiger partial charge in [0.15, 0.2) is 0 Å². The average Bonchev–Trinajstić information content (AvgIpc) is 3.56. The van der Waals surface area contributed by atoms with Crippen molar-refractivity contribution >= 4 is 33.1 Å². The third-order valence-electron chi connectivity index (χ3n) is 5.61. The molecule has 12 heteroatoms. The Morgan fingerprint density at radius 3 is 2.50 bits per heavy atom. The highest BCUT2D eigenvalue weighted by molar-refractivity contribution is 7.89. The molecule has 0 radical (unpaired) electrons. The van der Waals surface area contributed by atoms with Gasteiger partial charge in [0.25, 0.3) is 0 Å². The van der Waals surface area contributed by atoms with E-state index in [-0.39, 0.29) is 22.3 Å². The molecule has 1 atom stereocenters. The van der Waals surface area contributed by atoms with Crippen LogP contribution in [0.1, 0.15) is 31.2 Å². The average molecular weight is 499 g/mol. The largest absolute Gasteiger partial charge is 0.416 e. The molecule has 1 saturated heterocycles. The first-order chi connectivity index (χ1) is 16.0. The summed E-state index contributed by atoms with van der Waals surface area (Å²) in [6, 6.07) is 7.55. The number of urea groups is 1. The Kier molecular flexibility index (Phi) is 6.74. The Bertz CT molecular complexity index is 1170. The third-order valence-corrected chi connectivity index (χ3v) is 7.13. The molecule has 8 nitrogen and oxygen atoms in total. The summed E-state index contributed by atoms with van der Waals surface area (Å²) in [4.78, 5) is 14.4. The Hall–Kier alpha value is -2.83. The molecule has 34 heavy (non-hydrogen) atoms. The fourth-order valence-corrected chi connectivity index (χ4v) is 5.11. The zero-order chi connectivity index (χ0) is 24.5. The van der Waals surface area contributed by atoms with Crippen LogP contribution in [0.3, 0.4) is 0 Å². The first-order valence-electron chi connectivity index (χ1n) is 10.9. The lowest BCUT2D eigenvalue weighted by Crippen LogP contribution is -2.39. The number of alkyl halides is 3. The smallest absolute Gasteiger partial charge is 0.391 e. The zero-order valence-electron chi connectivity index (χ0n) is 18.1. The van der Waals surface area contributed by atoms with Crippen LogP contribution in [0.2, 0.25) is 0 Å². The number of halogens is 3. The van der Waals surface area contributed by atoms with Crippen LogP contribution in [-0.4, -0.2) is 44.8 Å². The van der Waals surface area contributed by atoms with Crippen molar-refractivity contribution in [3.8, 4) is 0 Å². The summed E-state index contributed by atoms with van der Waals surface area (Å²) in [5.74, 6) is 0. The predicted molar refractivity (Wildman–Crippen MR) is 121 cm³/mol. The van der Waals surface area contributed by atoms with E-state index in [1.54, 1.807) is 6.07 Å². The number of rotatable bonds is 6. The van der Waals surface area contributed by atoms with Gasteiger partial charge in [0, 0.05) is 24.8 Å². The molecule has 4 N–H and O–H groups in total. The van der Waals surface area contributed by atoms with Gasteiger partial charge in [-0.15, -0.1) is 0 Å². The van der Waals surface area contributed by atoms with E-state index in [4.69, 9.17) is 0 Å². The van der Waals surface area contributed by atoms with Crippen LogP contribution in [0.4, 0.5) is 35.0 Å². The van der Waals surface area contributed by atoms with Crippen LogP contribution in [-0.2, 0) is 16.2 Å². The molecule has 4 rings (SSSR count). The van der Waals surface area contributed by atoms with Crippen LogP contribution < -0.4 is 20.3 Å². The molecule has 184 valence electrons. The lowest BCUT2D eigenvalue weighted by molar-refractivity contribution is -0.137. The van der Waals surface area contributed by atoms with E-state index in [1.807, 2.05) is 4.90 Å². The fraction of sp³-hybridized carbons (Fsp3) is 0.409. The number of benzene rings is 2. The molecule has 2 amide bonds. The summed E-state index contributed by atoms with van der Waals surface area (Å²) < 4.78 is 66.9. The number of hydrogen-bond acceptors (Lipinski definition) is 5. The van der Waals surface area contributed by atoms with Crippen molar-refractivity contribution in [2.24, 2.45) is 0 Å². The second-order valence-electron chi connectivity index (χ2n) is 8.47. The monoisotopic (exact) mass is 498 g/mol. The molecule has 1 heterocycles. The number of piperidine rings is 1. The molecule has 0 aromatic heterocycles. The van der Waals surface area contributed by atoms with Crippen molar-refractivity contribution in [2.45, 2.75) is 48.9 Å². The van der Waals surface area contributed by atoms with Crippen molar-refractivity contribution in [2.75, 3.05) is 28.6 Å². The minimum absolute atomic E-state index is 0.0462. The highest BCUT2D eigenvalue weighted by Crippen LogP contribution is 2.33. The number of β-amino-alcohol motifs (C(OH)–C–C–N with tert-alkyl or cyclic N) is 1. The molecule has 1 aliphatic carbocycles. The van der Waals surface area contributed by atoms with Gasteiger partial charge in [-0.2, -0.15) is 13.2 Å². The number of anilines is 3. The van der Waals surface area contributed by atoms with Crippen LogP contribution in [0.5, 0.6) is 0 Å². The molecule has 1 unspecified atom stereocenters. The molecule has 1 saturated carbocycles. The fourth-order valence-electron chi connectivity index (χ4n) is 3.78. The summed E-state index contributed by atoms with van der Waals surface area (Å²) in [5.41, 5.74) is -0.311. The van der Waals surface area contributed by atoms with Gasteiger partial charge in [-0.3, -0.25) is 0 Å². The molecule has 2 aromatic rings. The molecule has 1 aliphatic heterocycles. The van der Waals surface area contributed by atoms with Crippen molar-refractivity contribution in [3.63, 3.8) is 0 Å². The molecule has 0 bridgehead atoms. The van der Waals surface area contributed by atoms with Crippen LogP contribution in [0.15, 0.2) is 47.4 Å². The second kappa shape index (κ2) is 9.43. The number of hydrogen-bond donors (Lipinski definition) is 4. The number of aliphatic hydroxyl groups is 1. The van der Waals surface area contributed by atoms with Gasteiger partial charge < -0.3 is 20.6 Å². The van der Waals surface area contributed by atoms with Crippen molar-refractivity contribution in [1.29, 1.82) is 0 Å². The van der Waals surface area contributed by atoms with Gasteiger partial charge in [-0.25, -0.2) is 17.9 Å². The minimum Gasteiger partial charge on any atom is -0.391 e. The summed E-state index contributed by atoms with van der Waals surface area (Å²) >= 11 is 0. The quantitative estimate of drug-likeness (QED) is 0.485. The third kappa shape index (κ3) is 5.99. The van der Waals surface area contributed by atoms with Crippen LogP contribution >= 0.6 is 0 Å². The van der Waals surface area contributed by atoms with Crippen molar-refractivity contribution in [3.05, 3.63) is 48.0 Å². The Balaban J connectivity index is 1.59. The topological polar surface area (TPSA) is 111 Å². The van der Waals surface area contributed by atoms with Crippen LogP contribution in [0, 0.1) is 0 Å². The van der Waals surface area contributed by atoms with Crippen LogP contribution in [0.25, 0.3) is 0 Å². The molecular weight excluding hydrogens is 473 g/mol. The minimum atomic E-state index is -4.56. The van der Waals surface area contributed by atoms with E-state index >= 15 is 0 Å². The number of aliphatic hydroxyl groups excluding tert-OH is 1. The van der Waals surface area contributed by atoms with E-state index in [9.17, 15) is 31.5 Å². The maximum absolute atomic E-state index is 13.0. The number of nitrogens with one attached hydrogen (secondary N) is 3. The molecular formula is C22H25F3N4O4S. The first-order valence-corrected chi connectivity index (χ1v) is 12.3. The summed E-state index contributed by atoms with van der Waals surface area (Å²) in [6.45, 7) is 0.893. The molecule has 0 spiro atoms. The predicted octanol–water partition coefficient (Wildman–Crippen LogP) is 3.75. The number of amides is 2. The van der Waals surface area contributed by atoms with Crippen molar-refractivity contribution in [1.82, 2.24) is 4.72 Å². The number of carbonyl (C=O) groups excluding carboxylic acids is 1. The van der Waals surface area contributed by atoms with Gasteiger partial charge in [-0.05, 0) is 62.1 Å². The Morgan fingerprint density at radius 1 is 1.06 bits per heavy atom. The number of nitrogens with zero attached hydrogens (tertiary/aromatic N) is 1. The van der Waals surface area contributed by atoms with E-state index in [1.165, 1.54) is 24.3 Å². The lowest BCUT2D eigenvalue weighted by atomic mass is 10.1. The van der Waals surface area contributed by atoms with Gasteiger partial charge >= 0.3 is 12.2 Å². The van der Waals surface area contributed by atoms with E-state index in [0.717, 1.165) is 25.0 Å². The molecule has 2 fully saturated rings. The SMILES string of the molecule is O=C(Nc1cccc(C(F)(F)F)c1)Nc1cc(S(=O)(=O)NC2CC2)ccc1N1CCCC(O)C1. The summed E-state index contributed by atoms with van der Waals surface area (Å²) in [6.07, 6.45) is -2.28. The Morgan fingerprint density at radius 2 is 1.82 bits per heavy atom. The van der Waals surface area contributed by atoms with Gasteiger partial charge in [0.1, 0.15) is 0 Å². The van der Waals surface area contributed by atoms with Gasteiger partial charge in [0.2, 0.25) is 10.0 Å². The summed E-state index contributed by atoms with van der Waals surface area (Å²) in [7, 11) is -3.81. The lowest BCUT2D eigenvalue weighted by Gasteiger charge is -2.33. The molecule has 2 aliphatic rings. The van der Waals surface area contributed by atoms with Crippen molar-refractivity contribution < 1.29 is 31.5 Å². The van der Waals surface area contributed by atoms with E-state index in [2.05, 4.69) is 15.4 Å². The normalized spacial score (nSPS) is 19.1. The standard InChI is InChI=1S/C22H25F3N4O4S/c23-22(24,25)14-3-1-4-16(11-14)26-21(31)27-19-12-18(34(32,33)28-15-6-7-15)8-9-20(19)29-10-2-5-17(30)13-29/h1,3-4,8-9,11-12,15,17,28,30H,2,5-7,10,13H2,(H2,26,27,31). The zero-order valence-corrected chi connectivity index (χ0v) is 18.9. The number of sulfonamides is 1. The highest BCUT2D eigenvalue weighted by Gasteiger charge is 2.31. The molecule has 2 aromatic carbocycles. The van der Waals surface area contributed by atoms with E-state index < -0.39 is 33.9 Å². The second-order valence-corrected chi connectivity index (χ2v) is 10.2. The summed E-state index contributed by atoms with van der Waals surface area (Å²) in [5, 5.41) is 15.0. The maximum atomic E-state index is 13.0. The first kappa shape index (κ1) is 24.3. The van der Waals surface area contributed by atoms with E-state index in [0.29, 0.717) is 31.6 Å².